The summed E-state index contributed by atoms with van der Waals surface area (Å²) in [7, 11) is 0. The van der Waals surface area contributed by atoms with Gasteiger partial charge in [0.05, 0.1) is 0 Å². The first-order valence-corrected chi connectivity index (χ1v) is 9.86. The minimum absolute atomic E-state index is 0.0216. The largest absolute Gasteiger partial charge is 0.348 e. The van der Waals surface area contributed by atoms with Crippen molar-refractivity contribution < 1.29 is 9.59 Å². The standard InChI is InChI=1S/C25H24N2O2/c1-17-6-9-21(10-7-17)24(28)26-16-19-8-11-20-12-13-27(23(20)15-19)25(29)22-5-3-4-18(2)14-22/h3-11,14-15H,12-13,16H2,1-2H3,(H,26,28). The Morgan fingerprint density at radius 2 is 1.69 bits per heavy atom. The molecule has 1 aliphatic heterocycles. The van der Waals surface area contributed by atoms with Gasteiger partial charge in [0.15, 0.2) is 0 Å². The van der Waals surface area contributed by atoms with Gasteiger partial charge < -0.3 is 10.2 Å². The fourth-order valence-electron chi connectivity index (χ4n) is 3.67. The van der Waals surface area contributed by atoms with Crippen molar-refractivity contribution in [1.29, 1.82) is 0 Å². The number of benzene rings is 3. The van der Waals surface area contributed by atoms with Gasteiger partial charge in [-0.15, -0.1) is 0 Å². The van der Waals surface area contributed by atoms with Gasteiger partial charge in [0.2, 0.25) is 0 Å². The van der Waals surface area contributed by atoms with E-state index in [1.807, 2.05) is 79.4 Å². The van der Waals surface area contributed by atoms with Gasteiger partial charge in [0, 0.05) is 29.9 Å². The molecule has 0 radical (unpaired) electrons. The summed E-state index contributed by atoms with van der Waals surface area (Å²) in [5, 5.41) is 2.97. The zero-order chi connectivity index (χ0) is 20.4. The molecule has 4 heteroatoms. The summed E-state index contributed by atoms with van der Waals surface area (Å²) in [5.41, 5.74) is 6.64. The molecule has 0 atom stereocenters. The van der Waals surface area contributed by atoms with Crippen molar-refractivity contribution in [2.45, 2.75) is 26.8 Å². The van der Waals surface area contributed by atoms with Crippen molar-refractivity contribution in [3.63, 3.8) is 0 Å². The molecule has 1 aliphatic rings. The summed E-state index contributed by atoms with van der Waals surface area (Å²) in [6, 6.07) is 21.3. The number of carbonyl (C=O) groups excluding carboxylic acids is 2. The molecule has 0 unspecified atom stereocenters. The van der Waals surface area contributed by atoms with Crippen molar-refractivity contribution in [2.75, 3.05) is 11.4 Å². The fraction of sp³-hybridized carbons (Fsp3) is 0.200. The highest BCUT2D eigenvalue weighted by Gasteiger charge is 2.25. The number of fused-ring (bicyclic) bond motifs is 1. The zero-order valence-electron chi connectivity index (χ0n) is 16.7. The van der Waals surface area contributed by atoms with Gasteiger partial charge in [-0.3, -0.25) is 9.59 Å². The Morgan fingerprint density at radius 1 is 0.897 bits per heavy atom. The number of anilines is 1. The van der Waals surface area contributed by atoms with Crippen LogP contribution in [-0.2, 0) is 13.0 Å². The lowest BCUT2D eigenvalue weighted by Crippen LogP contribution is -2.29. The second-order valence-corrected chi connectivity index (χ2v) is 7.59. The van der Waals surface area contributed by atoms with E-state index >= 15 is 0 Å². The molecule has 1 N–H and O–H groups in total. The average Bonchev–Trinajstić information content (AvgIpc) is 3.15. The summed E-state index contributed by atoms with van der Waals surface area (Å²) in [6.45, 7) is 5.09. The molecule has 0 bridgehead atoms. The van der Waals surface area contributed by atoms with Crippen molar-refractivity contribution in [3.05, 3.63) is 100 Å². The average molecular weight is 384 g/mol. The third-order valence-electron chi connectivity index (χ3n) is 5.32. The predicted octanol–water partition coefficient (Wildman–Crippen LogP) is 4.44. The molecule has 0 saturated carbocycles. The highest BCUT2D eigenvalue weighted by atomic mass is 16.2. The molecule has 146 valence electrons. The van der Waals surface area contributed by atoms with Gasteiger partial charge in [-0.25, -0.2) is 0 Å². The summed E-state index contributed by atoms with van der Waals surface area (Å²) in [6.07, 6.45) is 0.850. The summed E-state index contributed by atoms with van der Waals surface area (Å²) >= 11 is 0. The number of nitrogens with one attached hydrogen (secondary N) is 1. The van der Waals surface area contributed by atoms with Crippen LogP contribution >= 0.6 is 0 Å². The number of rotatable bonds is 4. The maximum atomic E-state index is 13.0. The first-order chi connectivity index (χ1) is 14.0. The highest BCUT2D eigenvalue weighted by molar-refractivity contribution is 6.07. The van der Waals surface area contributed by atoms with Crippen LogP contribution in [0.15, 0.2) is 66.7 Å². The van der Waals surface area contributed by atoms with Crippen LogP contribution in [0.5, 0.6) is 0 Å². The van der Waals surface area contributed by atoms with Crippen molar-refractivity contribution in [3.8, 4) is 0 Å². The third-order valence-corrected chi connectivity index (χ3v) is 5.32. The molecule has 4 nitrogen and oxygen atoms in total. The zero-order valence-corrected chi connectivity index (χ0v) is 16.7. The Kier molecular flexibility index (Phi) is 5.17. The van der Waals surface area contributed by atoms with Crippen LogP contribution in [0.25, 0.3) is 0 Å². The minimum atomic E-state index is -0.0989. The fourth-order valence-corrected chi connectivity index (χ4v) is 3.67. The molecule has 3 aromatic carbocycles. The van der Waals surface area contributed by atoms with E-state index in [4.69, 9.17) is 0 Å². The lowest BCUT2D eigenvalue weighted by atomic mass is 10.1. The minimum Gasteiger partial charge on any atom is -0.348 e. The Hall–Kier alpha value is -3.40. The molecule has 0 aliphatic carbocycles. The van der Waals surface area contributed by atoms with E-state index in [-0.39, 0.29) is 11.8 Å². The van der Waals surface area contributed by atoms with Crippen molar-refractivity contribution in [2.24, 2.45) is 0 Å². The predicted molar refractivity (Wildman–Crippen MR) is 115 cm³/mol. The number of amides is 2. The molecular formula is C25H24N2O2. The van der Waals surface area contributed by atoms with E-state index in [1.54, 1.807) is 0 Å². The van der Waals surface area contributed by atoms with Crippen molar-refractivity contribution in [1.82, 2.24) is 5.32 Å². The quantitative estimate of drug-likeness (QED) is 0.723. The highest BCUT2D eigenvalue weighted by Crippen LogP contribution is 2.30. The van der Waals surface area contributed by atoms with Crippen LogP contribution in [0.2, 0.25) is 0 Å². The number of carbonyl (C=O) groups is 2. The van der Waals surface area contributed by atoms with Crippen LogP contribution in [-0.4, -0.2) is 18.4 Å². The molecule has 2 amide bonds. The normalized spacial score (nSPS) is 12.6. The Labute approximate surface area is 171 Å². The molecule has 0 fully saturated rings. The van der Waals surface area contributed by atoms with Crippen LogP contribution in [0, 0.1) is 13.8 Å². The van der Waals surface area contributed by atoms with Crippen LogP contribution in [0.1, 0.15) is 43.0 Å². The smallest absolute Gasteiger partial charge is 0.258 e. The monoisotopic (exact) mass is 384 g/mol. The molecule has 0 saturated heterocycles. The molecule has 0 aromatic heterocycles. The maximum Gasteiger partial charge on any atom is 0.258 e. The molecule has 0 spiro atoms. The second kappa shape index (κ2) is 7.92. The SMILES string of the molecule is Cc1ccc(C(=O)NCc2ccc3c(c2)N(C(=O)c2cccc(C)c2)CC3)cc1. The lowest BCUT2D eigenvalue weighted by molar-refractivity contribution is 0.0949. The van der Waals surface area contributed by atoms with E-state index in [9.17, 15) is 9.59 Å². The molecule has 29 heavy (non-hydrogen) atoms. The van der Waals surface area contributed by atoms with E-state index in [2.05, 4.69) is 11.4 Å². The van der Waals surface area contributed by atoms with Gasteiger partial charge >= 0.3 is 0 Å². The Balaban J connectivity index is 1.49. The van der Waals surface area contributed by atoms with E-state index in [1.165, 1.54) is 5.56 Å². The molecular weight excluding hydrogens is 360 g/mol. The maximum absolute atomic E-state index is 13.0. The van der Waals surface area contributed by atoms with E-state index in [0.717, 1.165) is 28.8 Å². The van der Waals surface area contributed by atoms with Gasteiger partial charge in [-0.1, -0.05) is 47.5 Å². The first-order valence-electron chi connectivity index (χ1n) is 9.86. The van der Waals surface area contributed by atoms with Gasteiger partial charge in [-0.2, -0.15) is 0 Å². The second-order valence-electron chi connectivity index (χ2n) is 7.59. The van der Waals surface area contributed by atoms with Gasteiger partial charge in [0.25, 0.3) is 11.8 Å². The number of aryl methyl sites for hydroxylation is 2. The summed E-state index contributed by atoms with van der Waals surface area (Å²) in [5.74, 6) is -0.0773. The summed E-state index contributed by atoms with van der Waals surface area (Å²) < 4.78 is 0. The third kappa shape index (κ3) is 4.06. The topological polar surface area (TPSA) is 49.4 Å². The van der Waals surface area contributed by atoms with E-state index in [0.29, 0.717) is 24.2 Å². The Bertz CT molecular complexity index is 1070. The van der Waals surface area contributed by atoms with Crippen LogP contribution in [0.4, 0.5) is 5.69 Å². The molecule has 1 heterocycles. The first kappa shape index (κ1) is 18.9. The number of nitrogens with zero attached hydrogens (tertiary/aromatic N) is 1. The number of hydrogen-bond donors (Lipinski definition) is 1. The van der Waals surface area contributed by atoms with Gasteiger partial charge in [0.1, 0.15) is 0 Å². The van der Waals surface area contributed by atoms with Gasteiger partial charge in [-0.05, 0) is 61.7 Å². The summed E-state index contributed by atoms with van der Waals surface area (Å²) in [4.78, 5) is 27.2. The number of hydrogen-bond acceptors (Lipinski definition) is 2. The van der Waals surface area contributed by atoms with Crippen LogP contribution in [0.3, 0.4) is 0 Å². The molecule has 3 aromatic rings. The lowest BCUT2D eigenvalue weighted by Gasteiger charge is -2.18. The van der Waals surface area contributed by atoms with Crippen molar-refractivity contribution >= 4 is 17.5 Å². The van der Waals surface area contributed by atoms with E-state index < -0.39 is 0 Å². The van der Waals surface area contributed by atoms with Crippen LogP contribution < -0.4 is 10.2 Å². The molecule has 4 rings (SSSR count). The Morgan fingerprint density at radius 3 is 2.45 bits per heavy atom.